The fourth-order valence-electron chi connectivity index (χ4n) is 1.96. The van der Waals surface area contributed by atoms with Crippen molar-refractivity contribution in [2.75, 3.05) is 0 Å². The number of benzene rings is 2. The summed E-state index contributed by atoms with van der Waals surface area (Å²) in [6.07, 6.45) is 0. The number of hydrogen-bond acceptors (Lipinski definition) is 3. The van der Waals surface area contributed by atoms with Crippen LogP contribution < -0.4 is 5.43 Å². The van der Waals surface area contributed by atoms with Gasteiger partial charge in [-0.3, -0.25) is 4.79 Å². The van der Waals surface area contributed by atoms with Crippen molar-refractivity contribution in [3.8, 4) is 0 Å². The molecule has 0 radical (unpaired) electrons. The number of carbonyl (C=O) groups excluding carboxylic acids is 1. The third-order valence-electron chi connectivity index (χ3n) is 3.51. The van der Waals surface area contributed by atoms with Crippen LogP contribution in [0.1, 0.15) is 30.5 Å². The summed E-state index contributed by atoms with van der Waals surface area (Å²) in [5.74, 6) is -0.0953. The van der Waals surface area contributed by atoms with Gasteiger partial charge in [-0.2, -0.15) is 5.10 Å². The Balaban J connectivity index is 1.93. The lowest BCUT2D eigenvalue weighted by Crippen LogP contribution is -2.27. The van der Waals surface area contributed by atoms with Crippen molar-refractivity contribution >= 4 is 23.4 Å². The average molecular weight is 326 g/mol. The Labute approximate surface area is 142 Å². The Hall–Kier alpha value is -2.07. The molecule has 0 saturated carbocycles. The number of aryl methyl sites for hydroxylation is 2. The SMILES string of the molecule is C/C(=N/NC(=O)[C@H](C)Sc1ccc(C)cc1)c1ccc(C)cc1. The summed E-state index contributed by atoms with van der Waals surface area (Å²) >= 11 is 1.53. The van der Waals surface area contributed by atoms with Crippen molar-refractivity contribution in [1.82, 2.24) is 5.43 Å². The van der Waals surface area contributed by atoms with E-state index in [0.717, 1.165) is 16.2 Å². The summed E-state index contributed by atoms with van der Waals surface area (Å²) in [5, 5.41) is 4.00. The van der Waals surface area contributed by atoms with E-state index in [9.17, 15) is 4.79 Å². The highest BCUT2D eigenvalue weighted by molar-refractivity contribution is 8.00. The molecule has 0 fully saturated rings. The van der Waals surface area contributed by atoms with E-state index in [2.05, 4.69) is 10.5 Å². The maximum absolute atomic E-state index is 12.2. The quantitative estimate of drug-likeness (QED) is 0.505. The minimum atomic E-state index is -0.202. The first-order valence-electron chi connectivity index (χ1n) is 7.60. The second-order valence-electron chi connectivity index (χ2n) is 5.61. The first-order valence-corrected chi connectivity index (χ1v) is 8.48. The predicted octanol–water partition coefficient (Wildman–Crippen LogP) is 4.32. The maximum Gasteiger partial charge on any atom is 0.253 e. The van der Waals surface area contributed by atoms with Crippen LogP contribution in [-0.4, -0.2) is 16.9 Å². The van der Waals surface area contributed by atoms with Gasteiger partial charge in [0.1, 0.15) is 0 Å². The molecule has 120 valence electrons. The van der Waals surface area contributed by atoms with E-state index in [4.69, 9.17) is 0 Å². The van der Waals surface area contributed by atoms with Crippen molar-refractivity contribution in [3.05, 3.63) is 65.2 Å². The van der Waals surface area contributed by atoms with Crippen LogP contribution in [0.3, 0.4) is 0 Å². The lowest BCUT2D eigenvalue weighted by Gasteiger charge is -2.10. The number of thioether (sulfide) groups is 1. The molecule has 3 nitrogen and oxygen atoms in total. The van der Waals surface area contributed by atoms with Crippen LogP contribution >= 0.6 is 11.8 Å². The van der Waals surface area contributed by atoms with Gasteiger partial charge in [-0.1, -0.05) is 47.5 Å². The third-order valence-corrected chi connectivity index (χ3v) is 4.62. The fourth-order valence-corrected chi connectivity index (χ4v) is 2.82. The van der Waals surface area contributed by atoms with Gasteiger partial charge in [0, 0.05) is 4.90 Å². The molecule has 2 aromatic rings. The highest BCUT2D eigenvalue weighted by Crippen LogP contribution is 2.23. The van der Waals surface area contributed by atoms with Gasteiger partial charge in [-0.05, 0) is 45.4 Å². The lowest BCUT2D eigenvalue weighted by atomic mass is 10.1. The van der Waals surface area contributed by atoms with E-state index < -0.39 is 0 Å². The van der Waals surface area contributed by atoms with Crippen LogP contribution in [-0.2, 0) is 4.79 Å². The lowest BCUT2D eigenvalue weighted by molar-refractivity contribution is -0.120. The summed E-state index contributed by atoms with van der Waals surface area (Å²) < 4.78 is 0. The molecule has 4 heteroatoms. The number of nitrogens with one attached hydrogen (secondary N) is 1. The zero-order chi connectivity index (χ0) is 16.8. The Kier molecular flexibility index (Phi) is 5.99. The number of nitrogens with zero attached hydrogens (tertiary/aromatic N) is 1. The number of carbonyl (C=O) groups is 1. The molecule has 0 spiro atoms. The smallest absolute Gasteiger partial charge is 0.253 e. The minimum Gasteiger partial charge on any atom is -0.272 e. The summed E-state index contributed by atoms with van der Waals surface area (Å²) in [7, 11) is 0. The third kappa shape index (κ3) is 5.25. The number of rotatable bonds is 5. The van der Waals surface area contributed by atoms with Crippen LogP contribution in [0.15, 0.2) is 58.5 Å². The first kappa shape index (κ1) is 17.3. The molecule has 0 unspecified atom stereocenters. The topological polar surface area (TPSA) is 41.5 Å². The molecule has 0 aromatic heterocycles. The molecule has 0 aliphatic carbocycles. The van der Waals surface area contributed by atoms with Crippen LogP contribution in [0.5, 0.6) is 0 Å². The van der Waals surface area contributed by atoms with Gasteiger partial charge in [-0.15, -0.1) is 11.8 Å². The standard InChI is InChI=1S/C19H22N2OS/c1-13-5-9-17(10-6-13)15(3)20-21-19(22)16(4)23-18-11-7-14(2)8-12-18/h5-12,16H,1-4H3,(H,21,22)/b20-15-/t16-/m0/s1. The Bertz CT molecular complexity index is 690. The van der Waals surface area contributed by atoms with Crippen LogP contribution in [0.4, 0.5) is 0 Å². The number of hydrazone groups is 1. The molecule has 2 rings (SSSR count). The molecule has 0 heterocycles. The second kappa shape index (κ2) is 7.97. The van der Waals surface area contributed by atoms with Gasteiger partial charge in [0.05, 0.1) is 11.0 Å². The van der Waals surface area contributed by atoms with E-state index in [0.29, 0.717) is 0 Å². The molecule has 0 bridgehead atoms. The van der Waals surface area contributed by atoms with Gasteiger partial charge < -0.3 is 0 Å². The highest BCUT2D eigenvalue weighted by atomic mass is 32.2. The van der Waals surface area contributed by atoms with E-state index in [1.54, 1.807) is 0 Å². The van der Waals surface area contributed by atoms with E-state index in [-0.39, 0.29) is 11.2 Å². The van der Waals surface area contributed by atoms with Crippen molar-refractivity contribution in [3.63, 3.8) is 0 Å². The van der Waals surface area contributed by atoms with E-state index in [1.165, 1.54) is 22.9 Å². The van der Waals surface area contributed by atoms with Crippen LogP contribution in [0.2, 0.25) is 0 Å². The molecule has 2 aromatic carbocycles. The van der Waals surface area contributed by atoms with Crippen molar-refractivity contribution < 1.29 is 4.79 Å². The summed E-state index contributed by atoms with van der Waals surface area (Å²) in [5.41, 5.74) is 6.88. The fraction of sp³-hybridized carbons (Fsp3) is 0.263. The largest absolute Gasteiger partial charge is 0.272 e. The van der Waals surface area contributed by atoms with Crippen LogP contribution in [0.25, 0.3) is 0 Å². The zero-order valence-electron chi connectivity index (χ0n) is 14.0. The Morgan fingerprint density at radius 2 is 1.52 bits per heavy atom. The molecular weight excluding hydrogens is 304 g/mol. The van der Waals surface area contributed by atoms with Crippen LogP contribution in [0, 0.1) is 13.8 Å². The molecule has 1 atom stereocenters. The molecule has 0 aliphatic heterocycles. The first-order chi connectivity index (χ1) is 11.0. The summed E-state index contributed by atoms with van der Waals surface area (Å²) in [4.78, 5) is 13.2. The van der Waals surface area contributed by atoms with E-state index in [1.807, 2.05) is 76.2 Å². The van der Waals surface area contributed by atoms with Gasteiger partial charge in [-0.25, -0.2) is 5.43 Å². The van der Waals surface area contributed by atoms with Gasteiger partial charge in [0.2, 0.25) is 0 Å². The van der Waals surface area contributed by atoms with Crippen molar-refractivity contribution in [2.24, 2.45) is 5.10 Å². The molecule has 1 amide bonds. The second-order valence-corrected chi connectivity index (χ2v) is 7.03. The molecule has 23 heavy (non-hydrogen) atoms. The molecule has 1 N–H and O–H groups in total. The number of amides is 1. The molecule has 0 aliphatic rings. The van der Waals surface area contributed by atoms with E-state index >= 15 is 0 Å². The predicted molar refractivity (Wildman–Crippen MR) is 98.0 cm³/mol. The highest BCUT2D eigenvalue weighted by Gasteiger charge is 2.13. The molecule has 0 saturated heterocycles. The summed E-state index contributed by atoms with van der Waals surface area (Å²) in [6, 6.07) is 16.2. The normalized spacial score (nSPS) is 12.8. The minimum absolute atomic E-state index is 0.0953. The number of hydrogen-bond donors (Lipinski definition) is 1. The summed E-state index contributed by atoms with van der Waals surface area (Å²) in [6.45, 7) is 7.87. The maximum atomic E-state index is 12.2. The molecular formula is C19H22N2OS. The van der Waals surface area contributed by atoms with Gasteiger partial charge in [0.25, 0.3) is 5.91 Å². The Morgan fingerprint density at radius 1 is 1.00 bits per heavy atom. The average Bonchev–Trinajstić information content (AvgIpc) is 2.55. The van der Waals surface area contributed by atoms with Crippen molar-refractivity contribution in [1.29, 1.82) is 0 Å². The van der Waals surface area contributed by atoms with Gasteiger partial charge in [0.15, 0.2) is 0 Å². The van der Waals surface area contributed by atoms with Gasteiger partial charge >= 0.3 is 0 Å². The zero-order valence-corrected chi connectivity index (χ0v) is 14.8. The van der Waals surface area contributed by atoms with Crippen molar-refractivity contribution in [2.45, 2.75) is 37.8 Å². The Morgan fingerprint density at radius 3 is 2.09 bits per heavy atom. The monoisotopic (exact) mass is 326 g/mol.